The van der Waals surface area contributed by atoms with Crippen LogP contribution >= 0.6 is 11.3 Å². The van der Waals surface area contributed by atoms with E-state index in [0.29, 0.717) is 12.1 Å². The maximum absolute atomic E-state index is 12.9. The number of anilines is 1. The van der Waals surface area contributed by atoms with E-state index in [1.54, 1.807) is 17.5 Å². The maximum atomic E-state index is 12.9. The van der Waals surface area contributed by atoms with E-state index in [9.17, 15) is 4.79 Å². The van der Waals surface area contributed by atoms with Gasteiger partial charge in [0.25, 0.3) is 5.91 Å². The Labute approximate surface area is 151 Å². The molecule has 0 radical (unpaired) electrons. The van der Waals surface area contributed by atoms with E-state index in [-0.39, 0.29) is 12.1 Å². The van der Waals surface area contributed by atoms with Gasteiger partial charge in [-0.15, -0.1) is 11.3 Å². The smallest absolute Gasteiger partial charge is 0.258 e. The summed E-state index contributed by atoms with van der Waals surface area (Å²) in [6, 6.07) is 14.1. The van der Waals surface area contributed by atoms with Gasteiger partial charge < -0.3 is 10.2 Å². The first kappa shape index (κ1) is 15.8. The predicted octanol–water partition coefficient (Wildman–Crippen LogP) is 4.53. The summed E-state index contributed by atoms with van der Waals surface area (Å²) in [5.41, 5.74) is 4.87. The van der Waals surface area contributed by atoms with Crippen molar-refractivity contribution in [1.82, 2.24) is 9.88 Å². The van der Waals surface area contributed by atoms with Gasteiger partial charge in [-0.1, -0.05) is 12.1 Å². The number of aryl methyl sites for hydroxylation is 2. The van der Waals surface area contributed by atoms with Crippen molar-refractivity contribution in [3.63, 3.8) is 0 Å². The topological polar surface area (TPSA) is 45.2 Å². The highest BCUT2D eigenvalue weighted by Gasteiger charge is 2.38. The van der Waals surface area contributed by atoms with Crippen molar-refractivity contribution in [2.45, 2.75) is 26.6 Å². The lowest BCUT2D eigenvalue weighted by molar-refractivity contribution is 0.0729. The number of hydrogen-bond donors (Lipinski definition) is 1. The molecule has 1 aliphatic heterocycles. The summed E-state index contributed by atoms with van der Waals surface area (Å²) < 4.78 is 0. The lowest BCUT2D eigenvalue weighted by atomic mass is 10.1. The van der Waals surface area contributed by atoms with Crippen molar-refractivity contribution >= 4 is 22.9 Å². The predicted molar refractivity (Wildman–Crippen MR) is 101 cm³/mol. The van der Waals surface area contributed by atoms with Crippen LogP contribution in [0.2, 0.25) is 0 Å². The van der Waals surface area contributed by atoms with E-state index in [4.69, 9.17) is 0 Å². The van der Waals surface area contributed by atoms with Crippen LogP contribution in [-0.4, -0.2) is 15.8 Å². The number of carbonyl (C=O) groups excluding carboxylic acids is 1. The molecule has 3 heterocycles. The monoisotopic (exact) mass is 349 g/mol. The molecule has 0 unspecified atom stereocenters. The average molecular weight is 349 g/mol. The van der Waals surface area contributed by atoms with Crippen molar-refractivity contribution in [3.05, 3.63) is 81.3 Å². The first-order chi connectivity index (χ1) is 12.1. The summed E-state index contributed by atoms with van der Waals surface area (Å²) >= 11 is 1.66. The van der Waals surface area contributed by atoms with Crippen molar-refractivity contribution in [2.24, 2.45) is 0 Å². The number of rotatable bonds is 4. The third-order valence-corrected chi connectivity index (χ3v) is 5.19. The molecule has 1 aliphatic rings. The van der Waals surface area contributed by atoms with Crippen LogP contribution in [0.5, 0.6) is 0 Å². The third-order valence-electron chi connectivity index (χ3n) is 4.33. The number of fused-ring (bicyclic) bond motifs is 1. The third kappa shape index (κ3) is 3.03. The Morgan fingerprint density at radius 3 is 2.68 bits per heavy atom. The highest BCUT2D eigenvalue weighted by molar-refractivity contribution is 7.09. The van der Waals surface area contributed by atoms with Crippen LogP contribution < -0.4 is 5.32 Å². The van der Waals surface area contributed by atoms with Crippen molar-refractivity contribution in [2.75, 3.05) is 5.32 Å². The molecule has 4 nitrogen and oxygen atoms in total. The van der Waals surface area contributed by atoms with Gasteiger partial charge in [-0.2, -0.15) is 0 Å². The Hall–Kier alpha value is -2.66. The number of thiophene rings is 1. The Morgan fingerprint density at radius 1 is 1.16 bits per heavy atom. The maximum Gasteiger partial charge on any atom is 0.258 e. The Morgan fingerprint density at radius 2 is 1.96 bits per heavy atom. The minimum atomic E-state index is -0.257. The Balaban J connectivity index is 1.71. The van der Waals surface area contributed by atoms with E-state index in [0.717, 1.165) is 16.3 Å². The summed E-state index contributed by atoms with van der Waals surface area (Å²) in [5, 5.41) is 5.55. The van der Waals surface area contributed by atoms with E-state index in [1.165, 1.54) is 11.1 Å². The second-order valence-corrected chi connectivity index (χ2v) is 7.40. The molecule has 1 amide bonds. The second-order valence-electron chi connectivity index (χ2n) is 6.37. The summed E-state index contributed by atoms with van der Waals surface area (Å²) in [6.07, 6.45) is 1.49. The molecule has 0 spiro atoms. The fourth-order valence-corrected chi connectivity index (χ4v) is 4.03. The molecule has 1 N–H and O–H groups in total. The van der Waals surface area contributed by atoms with Gasteiger partial charge in [-0.05, 0) is 60.7 Å². The second kappa shape index (κ2) is 6.33. The van der Waals surface area contributed by atoms with Crippen LogP contribution in [0.4, 0.5) is 5.69 Å². The molecule has 0 saturated carbocycles. The number of carbonyl (C=O) groups is 1. The molecule has 0 aliphatic carbocycles. The largest absolute Gasteiger partial charge is 0.360 e. The molecule has 3 aromatic rings. The van der Waals surface area contributed by atoms with Gasteiger partial charge in [-0.25, -0.2) is 0 Å². The molecule has 1 atom stereocenters. The number of nitrogens with one attached hydrogen (secondary N) is 1. The number of pyridine rings is 1. The number of hydrogen-bond acceptors (Lipinski definition) is 4. The average Bonchev–Trinajstić information content (AvgIpc) is 3.17. The minimum absolute atomic E-state index is 0.0263. The van der Waals surface area contributed by atoms with Crippen LogP contribution in [-0.2, 0) is 6.54 Å². The normalized spacial score (nSPS) is 16.2. The zero-order valence-corrected chi connectivity index (χ0v) is 15.0. The zero-order chi connectivity index (χ0) is 17.4. The summed E-state index contributed by atoms with van der Waals surface area (Å²) in [4.78, 5) is 20.4. The number of amides is 1. The fourth-order valence-electron chi connectivity index (χ4n) is 3.33. The molecule has 2 aromatic heterocycles. The van der Waals surface area contributed by atoms with Gasteiger partial charge in [0, 0.05) is 16.8 Å². The zero-order valence-electron chi connectivity index (χ0n) is 14.2. The quantitative estimate of drug-likeness (QED) is 0.753. The number of nitrogens with zero attached hydrogens (tertiary/aromatic N) is 2. The summed E-state index contributed by atoms with van der Waals surface area (Å²) in [5.74, 6) is 0.0263. The van der Waals surface area contributed by atoms with Crippen LogP contribution in [0.25, 0.3) is 0 Å². The summed E-state index contributed by atoms with van der Waals surface area (Å²) in [6.45, 7) is 4.73. The van der Waals surface area contributed by atoms with Crippen LogP contribution in [0.3, 0.4) is 0 Å². The van der Waals surface area contributed by atoms with E-state index < -0.39 is 0 Å². The van der Waals surface area contributed by atoms with Crippen molar-refractivity contribution in [3.8, 4) is 0 Å². The van der Waals surface area contributed by atoms with Gasteiger partial charge in [-0.3, -0.25) is 9.78 Å². The van der Waals surface area contributed by atoms with E-state index in [1.807, 2.05) is 28.5 Å². The molecule has 0 bridgehead atoms. The highest BCUT2D eigenvalue weighted by atomic mass is 32.1. The van der Waals surface area contributed by atoms with E-state index >= 15 is 0 Å². The van der Waals surface area contributed by atoms with Gasteiger partial charge in [0.05, 0.1) is 17.8 Å². The van der Waals surface area contributed by atoms with E-state index in [2.05, 4.69) is 48.4 Å². The van der Waals surface area contributed by atoms with Gasteiger partial charge >= 0.3 is 0 Å². The fraction of sp³-hybridized carbons (Fsp3) is 0.200. The standard InChI is InChI=1S/C20H19N3OS/c1-13-9-14(2)11-15(10-13)22-19-18-17(6-3-7-21-18)20(24)23(19)12-16-5-4-8-25-16/h3-11,19,22H,12H2,1-2H3/t19-/m1/s1. The van der Waals surface area contributed by atoms with Crippen molar-refractivity contribution in [1.29, 1.82) is 0 Å². The molecule has 0 fully saturated rings. The molecule has 1 aromatic carbocycles. The Kier molecular flexibility index (Phi) is 4.01. The lowest BCUT2D eigenvalue weighted by Gasteiger charge is -2.26. The van der Waals surface area contributed by atoms with Crippen LogP contribution in [0, 0.1) is 13.8 Å². The first-order valence-electron chi connectivity index (χ1n) is 8.25. The highest BCUT2D eigenvalue weighted by Crippen LogP contribution is 2.35. The summed E-state index contributed by atoms with van der Waals surface area (Å²) in [7, 11) is 0. The molecule has 25 heavy (non-hydrogen) atoms. The lowest BCUT2D eigenvalue weighted by Crippen LogP contribution is -2.31. The van der Waals surface area contributed by atoms with Gasteiger partial charge in [0.2, 0.25) is 0 Å². The Bertz CT molecular complexity index is 900. The molecular weight excluding hydrogens is 330 g/mol. The number of aromatic nitrogens is 1. The minimum Gasteiger partial charge on any atom is -0.360 e. The van der Waals surface area contributed by atoms with Crippen LogP contribution in [0.15, 0.2) is 54.0 Å². The van der Waals surface area contributed by atoms with Crippen molar-refractivity contribution < 1.29 is 4.79 Å². The molecule has 5 heteroatoms. The SMILES string of the molecule is Cc1cc(C)cc(N[C@H]2c3ncccc3C(=O)N2Cc2cccs2)c1. The van der Waals surface area contributed by atoms with Gasteiger partial charge in [0.1, 0.15) is 6.17 Å². The molecule has 4 rings (SSSR count). The molecule has 0 saturated heterocycles. The first-order valence-corrected chi connectivity index (χ1v) is 9.13. The molecule has 126 valence electrons. The van der Waals surface area contributed by atoms with Gasteiger partial charge in [0.15, 0.2) is 0 Å². The molecular formula is C20H19N3OS. The van der Waals surface area contributed by atoms with Crippen LogP contribution in [0.1, 0.15) is 38.2 Å². The number of benzene rings is 1.